The number of imidazole rings is 1. The van der Waals surface area contributed by atoms with Gasteiger partial charge >= 0.3 is 11.7 Å². The number of unbranched alkanes of at least 4 members (excludes halogenated alkanes) is 1. The molecule has 2 heterocycles. The minimum atomic E-state index is -0.132. The molecule has 1 saturated heterocycles. The zero-order chi connectivity index (χ0) is 16.9. The van der Waals surface area contributed by atoms with Gasteiger partial charge in [-0.2, -0.15) is 0 Å². The highest BCUT2D eigenvalue weighted by atomic mass is 16.5. The lowest BCUT2D eigenvalue weighted by molar-refractivity contribution is -0.140. The van der Waals surface area contributed by atoms with Crippen molar-refractivity contribution in [2.24, 2.45) is 0 Å². The maximum Gasteiger partial charge on any atom is 0.326 e. The molecule has 0 radical (unpaired) electrons. The Kier molecular flexibility index (Phi) is 5.35. The van der Waals surface area contributed by atoms with Crippen molar-refractivity contribution < 1.29 is 9.53 Å². The largest absolute Gasteiger partial charge is 0.469 e. The Hall–Kier alpha value is -2.08. The SMILES string of the molecule is COC(=O)CCCCN1CCC(n2c(=O)[nH]c3ccccc32)CC1. The number of methoxy groups -OCH3 is 1. The molecule has 0 aliphatic carbocycles. The number of esters is 1. The van der Waals surface area contributed by atoms with Crippen LogP contribution in [0.25, 0.3) is 11.0 Å². The number of fused-ring (bicyclic) bond motifs is 1. The van der Waals surface area contributed by atoms with Gasteiger partial charge in [0.25, 0.3) is 0 Å². The maximum absolute atomic E-state index is 12.3. The van der Waals surface area contributed by atoms with Gasteiger partial charge in [-0.05, 0) is 44.4 Å². The molecule has 0 bridgehead atoms. The van der Waals surface area contributed by atoms with E-state index in [9.17, 15) is 9.59 Å². The van der Waals surface area contributed by atoms with Gasteiger partial charge in [-0.15, -0.1) is 0 Å². The van der Waals surface area contributed by atoms with Crippen LogP contribution >= 0.6 is 0 Å². The molecule has 6 heteroatoms. The lowest BCUT2D eigenvalue weighted by Gasteiger charge is -2.32. The third-order valence-corrected chi connectivity index (χ3v) is 4.88. The molecule has 6 nitrogen and oxygen atoms in total. The van der Waals surface area contributed by atoms with Crippen molar-refractivity contribution in [3.05, 3.63) is 34.7 Å². The van der Waals surface area contributed by atoms with E-state index in [0.29, 0.717) is 6.42 Å². The Morgan fingerprint density at radius 1 is 1.25 bits per heavy atom. The highest BCUT2D eigenvalue weighted by molar-refractivity contribution is 5.75. The zero-order valence-electron chi connectivity index (χ0n) is 14.2. The third kappa shape index (κ3) is 3.70. The van der Waals surface area contributed by atoms with Crippen molar-refractivity contribution in [3.8, 4) is 0 Å². The quantitative estimate of drug-likeness (QED) is 0.651. The lowest BCUT2D eigenvalue weighted by Crippen LogP contribution is -2.37. The first-order valence-electron chi connectivity index (χ1n) is 8.67. The van der Waals surface area contributed by atoms with Gasteiger partial charge in [-0.1, -0.05) is 12.1 Å². The second-order valence-electron chi connectivity index (χ2n) is 6.42. The second-order valence-corrected chi connectivity index (χ2v) is 6.42. The molecule has 130 valence electrons. The van der Waals surface area contributed by atoms with E-state index < -0.39 is 0 Å². The Bertz CT molecular complexity index is 741. The van der Waals surface area contributed by atoms with Crippen LogP contribution in [0.2, 0.25) is 0 Å². The number of rotatable bonds is 6. The van der Waals surface area contributed by atoms with Crippen LogP contribution in [0.1, 0.15) is 38.1 Å². The predicted octanol–water partition coefficient (Wildman–Crippen LogP) is 2.31. The number of para-hydroxylation sites is 2. The Morgan fingerprint density at radius 3 is 2.75 bits per heavy atom. The molecule has 1 N–H and O–H groups in total. The number of piperidine rings is 1. The fraction of sp³-hybridized carbons (Fsp3) is 0.556. The number of likely N-dealkylation sites (tertiary alicyclic amines) is 1. The topological polar surface area (TPSA) is 67.3 Å². The first-order chi connectivity index (χ1) is 11.7. The highest BCUT2D eigenvalue weighted by Crippen LogP contribution is 2.24. The number of benzene rings is 1. The van der Waals surface area contributed by atoms with Crippen LogP contribution in [-0.4, -0.2) is 47.2 Å². The molecular formula is C18H25N3O3. The Labute approximate surface area is 141 Å². The van der Waals surface area contributed by atoms with Crippen molar-refractivity contribution in [3.63, 3.8) is 0 Å². The summed E-state index contributed by atoms with van der Waals surface area (Å²) in [5.41, 5.74) is 1.90. The molecule has 0 spiro atoms. The number of carbonyl (C=O) groups is 1. The average Bonchev–Trinajstić information content (AvgIpc) is 2.95. The molecule has 1 aliphatic rings. The van der Waals surface area contributed by atoms with Crippen LogP contribution in [0.3, 0.4) is 0 Å². The molecule has 0 unspecified atom stereocenters. The van der Waals surface area contributed by atoms with Crippen molar-refractivity contribution >= 4 is 17.0 Å². The molecule has 1 aromatic carbocycles. The lowest BCUT2D eigenvalue weighted by atomic mass is 10.0. The van der Waals surface area contributed by atoms with Crippen molar-refractivity contribution in [1.82, 2.24) is 14.5 Å². The van der Waals surface area contributed by atoms with Gasteiger partial charge in [0.2, 0.25) is 0 Å². The maximum atomic E-state index is 12.3. The molecule has 0 saturated carbocycles. The molecule has 0 atom stereocenters. The summed E-state index contributed by atoms with van der Waals surface area (Å²) in [4.78, 5) is 28.7. The fourth-order valence-corrected chi connectivity index (χ4v) is 3.54. The number of carbonyl (C=O) groups excluding carboxylic acids is 1. The van der Waals surface area contributed by atoms with E-state index in [1.54, 1.807) is 0 Å². The number of nitrogens with one attached hydrogen (secondary N) is 1. The zero-order valence-corrected chi connectivity index (χ0v) is 14.2. The Morgan fingerprint density at radius 2 is 2.00 bits per heavy atom. The minimum absolute atomic E-state index is 0.00673. The van der Waals surface area contributed by atoms with E-state index in [1.807, 2.05) is 28.8 Å². The smallest absolute Gasteiger partial charge is 0.326 e. The van der Waals surface area contributed by atoms with Crippen LogP contribution in [-0.2, 0) is 9.53 Å². The second kappa shape index (κ2) is 7.66. The molecule has 1 aliphatic heterocycles. The summed E-state index contributed by atoms with van der Waals surface area (Å²) in [7, 11) is 1.43. The summed E-state index contributed by atoms with van der Waals surface area (Å²) in [5, 5.41) is 0. The fourth-order valence-electron chi connectivity index (χ4n) is 3.54. The summed E-state index contributed by atoms with van der Waals surface area (Å²) < 4.78 is 6.58. The monoisotopic (exact) mass is 331 g/mol. The predicted molar refractivity (Wildman–Crippen MR) is 93.1 cm³/mol. The molecule has 3 rings (SSSR count). The van der Waals surface area contributed by atoms with Crippen LogP contribution in [0, 0.1) is 0 Å². The van der Waals surface area contributed by atoms with E-state index >= 15 is 0 Å². The van der Waals surface area contributed by atoms with Crippen LogP contribution in [0.4, 0.5) is 0 Å². The molecule has 1 fully saturated rings. The number of aromatic nitrogens is 2. The molecule has 24 heavy (non-hydrogen) atoms. The average molecular weight is 331 g/mol. The van der Waals surface area contributed by atoms with Gasteiger partial charge in [0.05, 0.1) is 18.1 Å². The first kappa shape index (κ1) is 16.8. The van der Waals surface area contributed by atoms with E-state index in [-0.39, 0.29) is 17.7 Å². The number of hydrogen-bond donors (Lipinski definition) is 1. The Balaban J connectivity index is 1.52. The number of hydrogen-bond acceptors (Lipinski definition) is 4. The van der Waals surface area contributed by atoms with E-state index in [4.69, 9.17) is 0 Å². The van der Waals surface area contributed by atoms with Crippen LogP contribution in [0.15, 0.2) is 29.1 Å². The normalized spacial score (nSPS) is 16.5. The van der Waals surface area contributed by atoms with Crippen LogP contribution < -0.4 is 5.69 Å². The van der Waals surface area contributed by atoms with Gasteiger partial charge in [0.1, 0.15) is 0 Å². The summed E-state index contributed by atoms with van der Waals surface area (Å²) >= 11 is 0. The van der Waals surface area contributed by atoms with Crippen molar-refractivity contribution in [1.29, 1.82) is 0 Å². The summed E-state index contributed by atoms with van der Waals surface area (Å²) in [6.45, 7) is 3.00. The number of ether oxygens (including phenoxy) is 1. The summed E-state index contributed by atoms with van der Waals surface area (Å²) in [6.07, 6.45) is 4.34. The van der Waals surface area contributed by atoms with E-state index in [2.05, 4.69) is 14.6 Å². The number of H-pyrrole nitrogens is 1. The van der Waals surface area contributed by atoms with Gasteiger partial charge in [-0.3, -0.25) is 9.36 Å². The highest BCUT2D eigenvalue weighted by Gasteiger charge is 2.23. The summed E-state index contributed by atoms with van der Waals surface area (Å²) in [6, 6.07) is 8.14. The van der Waals surface area contributed by atoms with Gasteiger partial charge in [-0.25, -0.2) is 4.79 Å². The van der Waals surface area contributed by atoms with Gasteiger partial charge in [0.15, 0.2) is 0 Å². The van der Waals surface area contributed by atoms with Gasteiger partial charge in [0, 0.05) is 25.6 Å². The molecule has 1 aromatic heterocycles. The van der Waals surface area contributed by atoms with Crippen molar-refractivity contribution in [2.45, 2.75) is 38.1 Å². The van der Waals surface area contributed by atoms with E-state index in [1.165, 1.54) is 7.11 Å². The summed E-state index contributed by atoms with van der Waals surface area (Å²) in [5.74, 6) is -0.132. The van der Waals surface area contributed by atoms with E-state index in [0.717, 1.165) is 56.4 Å². The minimum Gasteiger partial charge on any atom is -0.469 e. The van der Waals surface area contributed by atoms with Crippen LogP contribution in [0.5, 0.6) is 0 Å². The van der Waals surface area contributed by atoms with Crippen molar-refractivity contribution in [2.75, 3.05) is 26.7 Å². The van der Waals surface area contributed by atoms with Gasteiger partial charge < -0.3 is 14.6 Å². The standard InChI is InChI=1S/C18H25N3O3/c1-24-17(22)8-4-5-11-20-12-9-14(10-13-20)21-16-7-3-2-6-15(16)19-18(21)23/h2-3,6-7,14H,4-5,8-13H2,1H3,(H,19,23). The molecular weight excluding hydrogens is 306 g/mol. The number of nitrogens with zero attached hydrogens (tertiary/aromatic N) is 2. The molecule has 0 amide bonds. The molecule has 2 aromatic rings. The number of aromatic amines is 1. The third-order valence-electron chi connectivity index (χ3n) is 4.88. The first-order valence-corrected chi connectivity index (χ1v) is 8.67.